The third-order valence-electron chi connectivity index (χ3n) is 3.12. The van der Waals surface area contributed by atoms with Crippen LogP contribution in [0.3, 0.4) is 0 Å². The molecule has 3 nitrogen and oxygen atoms in total. The average molecular weight is 373 g/mol. The first-order chi connectivity index (χ1) is 11.0. The van der Waals surface area contributed by atoms with E-state index in [9.17, 15) is 4.79 Å². The van der Waals surface area contributed by atoms with Gasteiger partial charge in [-0.05, 0) is 48.4 Å². The number of hydrogen-bond acceptors (Lipinski definition) is 2. The minimum absolute atomic E-state index is 0.0456. The van der Waals surface area contributed by atoms with Gasteiger partial charge in [0.25, 0.3) is 0 Å². The smallest absolute Gasteiger partial charge is 0.220 e. The highest BCUT2D eigenvalue weighted by atomic mass is 35.5. The molecule has 0 atom stereocenters. The summed E-state index contributed by atoms with van der Waals surface area (Å²) in [5, 5.41) is 4.61. The van der Waals surface area contributed by atoms with Gasteiger partial charge in [0.2, 0.25) is 5.91 Å². The first kappa shape index (κ1) is 17.9. The molecule has 0 saturated heterocycles. The Morgan fingerprint density at radius 1 is 1.00 bits per heavy atom. The van der Waals surface area contributed by atoms with E-state index in [4.69, 9.17) is 39.5 Å². The normalized spacial score (nSPS) is 10.4. The summed E-state index contributed by atoms with van der Waals surface area (Å²) in [5.74, 6) is 0.693. The van der Waals surface area contributed by atoms with Crippen LogP contribution in [0.15, 0.2) is 42.5 Å². The van der Waals surface area contributed by atoms with Gasteiger partial charge in [-0.2, -0.15) is 0 Å². The van der Waals surface area contributed by atoms with E-state index in [2.05, 4.69) is 5.32 Å². The number of benzene rings is 2. The largest absolute Gasteiger partial charge is 0.494 e. The van der Waals surface area contributed by atoms with Crippen molar-refractivity contribution in [3.05, 3.63) is 63.1 Å². The number of rotatable bonds is 7. The number of halogens is 3. The molecule has 0 aliphatic carbocycles. The van der Waals surface area contributed by atoms with Crippen LogP contribution in [0.2, 0.25) is 15.1 Å². The molecule has 2 aromatic carbocycles. The lowest BCUT2D eigenvalue weighted by Crippen LogP contribution is -2.23. The summed E-state index contributed by atoms with van der Waals surface area (Å²) in [6, 6.07) is 12.3. The highest BCUT2D eigenvalue weighted by molar-refractivity contribution is 6.35. The van der Waals surface area contributed by atoms with Crippen LogP contribution < -0.4 is 10.1 Å². The summed E-state index contributed by atoms with van der Waals surface area (Å²) in [6.07, 6.45) is 1.02. The molecule has 2 rings (SSSR count). The van der Waals surface area contributed by atoms with Crippen LogP contribution >= 0.6 is 34.8 Å². The van der Waals surface area contributed by atoms with Crippen molar-refractivity contribution in [1.29, 1.82) is 0 Å². The molecule has 0 aliphatic rings. The molecule has 6 heteroatoms. The topological polar surface area (TPSA) is 38.3 Å². The zero-order valence-corrected chi connectivity index (χ0v) is 14.6. The summed E-state index contributed by atoms with van der Waals surface area (Å²) < 4.78 is 5.53. The van der Waals surface area contributed by atoms with Gasteiger partial charge in [0.15, 0.2) is 0 Å². The second-order valence-corrected chi connectivity index (χ2v) is 6.20. The summed E-state index contributed by atoms with van der Waals surface area (Å²) in [4.78, 5) is 11.8. The van der Waals surface area contributed by atoms with E-state index in [0.717, 1.165) is 11.3 Å². The van der Waals surface area contributed by atoms with Crippen molar-refractivity contribution >= 4 is 40.7 Å². The fraction of sp³-hybridized carbons (Fsp3) is 0.235. The lowest BCUT2D eigenvalue weighted by atomic mass is 10.2. The molecule has 0 radical (unpaired) electrons. The molecule has 0 heterocycles. The molecule has 2 aromatic rings. The molecule has 0 fully saturated rings. The molecule has 0 spiro atoms. The lowest BCUT2D eigenvalue weighted by Gasteiger charge is -2.08. The van der Waals surface area contributed by atoms with E-state index < -0.39 is 0 Å². The van der Waals surface area contributed by atoms with Crippen LogP contribution in [0.25, 0.3) is 0 Å². The highest BCUT2D eigenvalue weighted by Crippen LogP contribution is 2.20. The summed E-state index contributed by atoms with van der Waals surface area (Å²) in [5.41, 5.74) is 0.835. The van der Waals surface area contributed by atoms with Crippen molar-refractivity contribution in [1.82, 2.24) is 5.32 Å². The predicted octanol–water partition coefficient (Wildman–Crippen LogP) is 5.12. The van der Waals surface area contributed by atoms with Crippen LogP contribution in [-0.4, -0.2) is 12.5 Å². The van der Waals surface area contributed by atoms with E-state index >= 15 is 0 Å². The van der Waals surface area contributed by atoms with Crippen LogP contribution in [0.5, 0.6) is 5.75 Å². The molecule has 0 saturated carbocycles. The predicted molar refractivity (Wildman–Crippen MR) is 94.5 cm³/mol. The van der Waals surface area contributed by atoms with Gasteiger partial charge in [-0.15, -0.1) is 0 Å². The van der Waals surface area contributed by atoms with Crippen molar-refractivity contribution in [3.8, 4) is 5.75 Å². The van der Waals surface area contributed by atoms with Gasteiger partial charge in [0, 0.05) is 28.0 Å². The Labute approximate surface area is 150 Å². The molecule has 0 bridgehead atoms. The zero-order valence-electron chi connectivity index (χ0n) is 12.3. The number of ether oxygens (including phenoxy) is 1. The Morgan fingerprint density at radius 3 is 2.39 bits per heavy atom. The van der Waals surface area contributed by atoms with E-state index in [-0.39, 0.29) is 5.91 Å². The van der Waals surface area contributed by atoms with E-state index in [1.807, 2.05) is 0 Å². The van der Waals surface area contributed by atoms with Crippen LogP contribution in [0.4, 0.5) is 0 Å². The maximum atomic E-state index is 11.8. The van der Waals surface area contributed by atoms with Crippen molar-refractivity contribution < 1.29 is 9.53 Å². The Balaban J connectivity index is 1.66. The Hall–Kier alpha value is -1.42. The van der Waals surface area contributed by atoms with E-state index in [0.29, 0.717) is 41.1 Å². The summed E-state index contributed by atoms with van der Waals surface area (Å²) >= 11 is 17.7. The lowest BCUT2D eigenvalue weighted by molar-refractivity contribution is -0.121. The van der Waals surface area contributed by atoms with Gasteiger partial charge < -0.3 is 10.1 Å². The minimum atomic E-state index is -0.0456. The number of nitrogens with one attached hydrogen (secondary N) is 1. The quantitative estimate of drug-likeness (QED) is 0.685. The third kappa shape index (κ3) is 6.30. The van der Waals surface area contributed by atoms with E-state index in [1.165, 1.54) is 0 Å². The van der Waals surface area contributed by atoms with Crippen molar-refractivity contribution in [2.24, 2.45) is 0 Å². The highest BCUT2D eigenvalue weighted by Gasteiger charge is 2.05. The second kappa shape index (κ2) is 9.02. The van der Waals surface area contributed by atoms with Crippen molar-refractivity contribution in [3.63, 3.8) is 0 Å². The SMILES string of the molecule is O=C(CCCOc1ccc(Cl)cc1)NCc1ccc(Cl)cc1Cl. The van der Waals surface area contributed by atoms with Gasteiger partial charge in [0.05, 0.1) is 6.61 Å². The average Bonchev–Trinajstić information content (AvgIpc) is 2.52. The number of hydrogen-bond donors (Lipinski definition) is 1. The Morgan fingerprint density at radius 2 is 1.70 bits per heavy atom. The second-order valence-electron chi connectivity index (χ2n) is 4.92. The molecule has 0 aromatic heterocycles. The standard InChI is InChI=1S/C17H16Cl3NO2/c18-13-5-7-15(8-6-13)23-9-1-2-17(22)21-11-12-3-4-14(19)10-16(12)20/h3-8,10H,1-2,9,11H2,(H,21,22). The Bertz CT molecular complexity index is 659. The van der Waals surface area contributed by atoms with Crippen LogP contribution in [0, 0.1) is 0 Å². The molecule has 0 unspecified atom stereocenters. The van der Waals surface area contributed by atoms with Crippen LogP contribution in [0.1, 0.15) is 18.4 Å². The van der Waals surface area contributed by atoms with Gasteiger partial charge in [-0.3, -0.25) is 4.79 Å². The molecule has 0 aliphatic heterocycles. The molecule has 1 amide bonds. The van der Waals surface area contributed by atoms with Gasteiger partial charge >= 0.3 is 0 Å². The number of carbonyl (C=O) groups excluding carboxylic acids is 1. The monoisotopic (exact) mass is 371 g/mol. The minimum Gasteiger partial charge on any atom is -0.494 e. The zero-order chi connectivity index (χ0) is 16.7. The maximum Gasteiger partial charge on any atom is 0.220 e. The Kier molecular flexibility index (Phi) is 7.03. The van der Waals surface area contributed by atoms with Gasteiger partial charge in [-0.1, -0.05) is 40.9 Å². The maximum absolute atomic E-state index is 11.8. The first-order valence-electron chi connectivity index (χ1n) is 7.13. The third-order valence-corrected chi connectivity index (χ3v) is 3.96. The number of amides is 1. The molecule has 23 heavy (non-hydrogen) atoms. The number of carbonyl (C=O) groups is 1. The van der Waals surface area contributed by atoms with Gasteiger partial charge in [0.1, 0.15) is 5.75 Å². The molecular weight excluding hydrogens is 357 g/mol. The van der Waals surface area contributed by atoms with Gasteiger partial charge in [-0.25, -0.2) is 0 Å². The molecule has 122 valence electrons. The molecular formula is C17H16Cl3NO2. The van der Waals surface area contributed by atoms with Crippen molar-refractivity contribution in [2.45, 2.75) is 19.4 Å². The summed E-state index contributed by atoms with van der Waals surface area (Å²) in [7, 11) is 0. The van der Waals surface area contributed by atoms with Crippen molar-refractivity contribution in [2.75, 3.05) is 6.61 Å². The summed E-state index contributed by atoms with van der Waals surface area (Å²) in [6.45, 7) is 0.851. The first-order valence-corrected chi connectivity index (χ1v) is 8.27. The molecule has 1 N–H and O–H groups in total. The van der Waals surface area contributed by atoms with Crippen LogP contribution in [-0.2, 0) is 11.3 Å². The van der Waals surface area contributed by atoms with E-state index in [1.54, 1.807) is 42.5 Å². The fourth-order valence-electron chi connectivity index (χ4n) is 1.90. The fourth-order valence-corrected chi connectivity index (χ4v) is 2.50.